The summed E-state index contributed by atoms with van der Waals surface area (Å²) in [7, 11) is 0. The molecule has 1 aromatic rings. The molecule has 0 saturated carbocycles. The van der Waals surface area contributed by atoms with E-state index in [-0.39, 0.29) is 0 Å². The molecule has 1 rings (SSSR count). The van der Waals surface area contributed by atoms with Crippen molar-refractivity contribution in [1.82, 2.24) is 4.90 Å². The van der Waals surface area contributed by atoms with E-state index in [0.29, 0.717) is 12.6 Å². The van der Waals surface area contributed by atoms with Gasteiger partial charge in [0.1, 0.15) is 0 Å². The first-order valence-electron chi connectivity index (χ1n) is 7.56. The summed E-state index contributed by atoms with van der Waals surface area (Å²) in [6, 6.07) is 4.91. The predicted molar refractivity (Wildman–Crippen MR) is 84.6 cm³/mol. The van der Waals surface area contributed by atoms with E-state index >= 15 is 0 Å². The Labute approximate surface area is 119 Å². The Morgan fingerprint density at radius 2 is 1.68 bits per heavy atom. The molecule has 2 heteroatoms. The van der Waals surface area contributed by atoms with Crippen molar-refractivity contribution in [3.05, 3.63) is 34.4 Å². The Balaban J connectivity index is 3.07. The lowest BCUT2D eigenvalue weighted by atomic mass is 9.93. The van der Waals surface area contributed by atoms with Gasteiger partial charge in [-0.2, -0.15) is 0 Å². The Morgan fingerprint density at radius 3 is 2.11 bits per heavy atom. The van der Waals surface area contributed by atoms with E-state index in [4.69, 9.17) is 5.73 Å². The standard InChI is InChI=1S/C17H30N2/c1-6-8-9-19(7-2)16(12-18)17-14(4)10-13(3)11-15(17)5/h10-11,16H,6-9,12,18H2,1-5H3. The highest BCUT2D eigenvalue weighted by Gasteiger charge is 2.20. The van der Waals surface area contributed by atoms with Crippen LogP contribution in [-0.2, 0) is 0 Å². The third kappa shape index (κ3) is 4.05. The van der Waals surface area contributed by atoms with Gasteiger partial charge in [-0.05, 0) is 57.0 Å². The Morgan fingerprint density at radius 1 is 1.11 bits per heavy atom. The van der Waals surface area contributed by atoms with Crippen LogP contribution >= 0.6 is 0 Å². The van der Waals surface area contributed by atoms with E-state index in [9.17, 15) is 0 Å². The van der Waals surface area contributed by atoms with E-state index in [1.807, 2.05) is 0 Å². The number of likely N-dealkylation sites (N-methyl/N-ethyl adjacent to an activating group) is 1. The van der Waals surface area contributed by atoms with E-state index in [1.165, 1.54) is 35.1 Å². The van der Waals surface area contributed by atoms with Crippen LogP contribution in [0.5, 0.6) is 0 Å². The minimum atomic E-state index is 0.358. The Kier molecular flexibility index (Phi) is 6.53. The normalized spacial score (nSPS) is 13.0. The molecule has 0 saturated heterocycles. The van der Waals surface area contributed by atoms with E-state index in [2.05, 4.69) is 51.7 Å². The highest BCUT2D eigenvalue weighted by molar-refractivity contribution is 5.39. The molecule has 0 aliphatic carbocycles. The number of nitrogens with two attached hydrogens (primary N) is 1. The summed E-state index contributed by atoms with van der Waals surface area (Å²) in [4.78, 5) is 2.52. The molecule has 0 bridgehead atoms. The lowest BCUT2D eigenvalue weighted by Gasteiger charge is -2.32. The van der Waals surface area contributed by atoms with E-state index < -0.39 is 0 Å². The van der Waals surface area contributed by atoms with Crippen LogP contribution in [0.1, 0.15) is 55.0 Å². The van der Waals surface area contributed by atoms with Crippen molar-refractivity contribution in [3.63, 3.8) is 0 Å². The minimum absolute atomic E-state index is 0.358. The number of hydrogen-bond acceptors (Lipinski definition) is 2. The second-order valence-corrected chi connectivity index (χ2v) is 5.55. The fourth-order valence-corrected chi connectivity index (χ4v) is 3.06. The van der Waals surface area contributed by atoms with Gasteiger partial charge in [-0.25, -0.2) is 0 Å². The number of benzene rings is 1. The Bertz CT molecular complexity index is 375. The molecule has 1 atom stereocenters. The number of aryl methyl sites for hydroxylation is 3. The van der Waals surface area contributed by atoms with Crippen molar-refractivity contribution in [1.29, 1.82) is 0 Å². The maximum absolute atomic E-state index is 6.09. The predicted octanol–water partition coefficient (Wildman–Crippen LogP) is 3.73. The lowest BCUT2D eigenvalue weighted by molar-refractivity contribution is 0.208. The molecule has 19 heavy (non-hydrogen) atoms. The van der Waals surface area contributed by atoms with Gasteiger partial charge in [0.15, 0.2) is 0 Å². The summed E-state index contributed by atoms with van der Waals surface area (Å²) in [5, 5.41) is 0. The average Bonchev–Trinajstić information content (AvgIpc) is 2.36. The van der Waals surface area contributed by atoms with Crippen molar-refractivity contribution in [2.45, 2.75) is 53.5 Å². The molecule has 0 aromatic heterocycles. The van der Waals surface area contributed by atoms with Crippen molar-refractivity contribution in [2.75, 3.05) is 19.6 Å². The molecule has 2 N–H and O–H groups in total. The zero-order chi connectivity index (χ0) is 14.4. The second kappa shape index (κ2) is 7.66. The van der Waals surface area contributed by atoms with Crippen LogP contribution in [-0.4, -0.2) is 24.5 Å². The molecule has 0 radical (unpaired) electrons. The number of nitrogens with zero attached hydrogens (tertiary/aromatic N) is 1. The van der Waals surface area contributed by atoms with Gasteiger partial charge in [-0.15, -0.1) is 0 Å². The first kappa shape index (κ1) is 16.2. The van der Waals surface area contributed by atoms with Crippen LogP contribution in [0.4, 0.5) is 0 Å². The van der Waals surface area contributed by atoms with E-state index in [1.54, 1.807) is 0 Å². The largest absolute Gasteiger partial charge is 0.329 e. The monoisotopic (exact) mass is 262 g/mol. The summed E-state index contributed by atoms with van der Waals surface area (Å²) in [6.45, 7) is 14.0. The maximum atomic E-state index is 6.09. The van der Waals surface area contributed by atoms with Gasteiger partial charge in [-0.1, -0.05) is 38.0 Å². The molecule has 0 heterocycles. The SMILES string of the molecule is CCCCN(CC)C(CN)c1c(C)cc(C)cc1C. The molecule has 0 aliphatic heterocycles. The van der Waals surface area contributed by atoms with Crippen LogP contribution in [0.15, 0.2) is 12.1 Å². The molecule has 1 unspecified atom stereocenters. The van der Waals surface area contributed by atoms with Crippen molar-refractivity contribution < 1.29 is 0 Å². The smallest absolute Gasteiger partial charge is 0.0475 e. The van der Waals surface area contributed by atoms with Gasteiger partial charge in [0, 0.05) is 12.6 Å². The quantitative estimate of drug-likeness (QED) is 0.811. The van der Waals surface area contributed by atoms with Gasteiger partial charge in [0.2, 0.25) is 0 Å². The van der Waals surface area contributed by atoms with Crippen molar-refractivity contribution >= 4 is 0 Å². The molecule has 2 nitrogen and oxygen atoms in total. The molecule has 1 aromatic carbocycles. The topological polar surface area (TPSA) is 29.3 Å². The summed E-state index contributed by atoms with van der Waals surface area (Å²) < 4.78 is 0. The summed E-state index contributed by atoms with van der Waals surface area (Å²) in [5.74, 6) is 0. The maximum Gasteiger partial charge on any atom is 0.0475 e. The number of unbranched alkanes of at least 4 members (excludes halogenated alkanes) is 1. The lowest BCUT2D eigenvalue weighted by Crippen LogP contribution is -2.35. The fraction of sp³-hybridized carbons (Fsp3) is 0.647. The van der Waals surface area contributed by atoms with Gasteiger partial charge in [0.05, 0.1) is 0 Å². The second-order valence-electron chi connectivity index (χ2n) is 5.55. The van der Waals surface area contributed by atoms with Crippen LogP contribution in [0.25, 0.3) is 0 Å². The van der Waals surface area contributed by atoms with Crippen LogP contribution in [0.2, 0.25) is 0 Å². The van der Waals surface area contributed by atoms with Gasteiger partial charge >= 0.3 is 0 Å². The first-order valence-corrected chi connectivity index (χ1v) is 7.56. The van der Waals surface area contributed by atoms with Crippen molar-refractivity contribution in [3.8, 4) is 0 Å². The molecular weight excluding hydrogens is 232 g/mol. The van der Waals surface area contributed by atoms with Crippen LogP contribution in [0.3, 0.4) is 0 Å². The molecule has 0 amide bonds. The third-order valence-electron chi connectivity index (χ3n) is 3.94. The van der Waals surface area contributed by atoms with Crippen molar-refractivity contribution in [2.24, 2.45) is 5.73 Å². The molecular formula is C17H30N2. The highest BCUT2D eigenvalue weighted by atomic mass is 15.2. The van der Waals surface area contributed by atoms with Gasteiger partial charge in [0.25, 0.3) is 0 Å². The fourth-order valence-electron chi connectivity index (χ4n) is 3.06. The summed E-state index contributed by atoms with van der Waals surface area (Å²) in [5.41, 5.74) is 11.6. The van der Waals surface area contributed by atoms with Crippen LogP contribution in [0, 0.1) is 20.8 Å². The summed E-state index contributed by atoms with van der Waals surface area (Å²) in [6.07, 6.45) is 2.48. The molecule has 0 aliphatic rings. The van der Waals surface area contributed by atoms with Gasteiger partial charge in [-0.3, -0.25) is 4.90 Å². The third-order valence-corrected chi connectivity index (χ3v) is 3.94. The molecule has 0 spiro atoms. The minimum Gasteiger partial charge on any atom is -0.329 e. The zero-order valence-electron chi connectivity index (χ0n) is 13.3. The highest BCUT2D eigenvalue weighted by Crippen LogP contribution is 2.27. The average molecular weight is 262 g/mol. The van der Waals surface area contributed by atoms with Gasteiger partial charge < -0.3 is 5.73 Å². The van der Waals surface area contributed by atoms with E-state index in [0.717, 1.165) is 13.1 Å². The zero-order valence-corrected chi connectivity index (χ0v) is 13.3. The molecule has 108 valence electrons. The Hall–Kier alpha value is -0.860. The number of hydrogen-bond donors (Lipinski definition) is 1. The summed E-state index contributed by atoms with van der Waals surface area (Å²) >= 11 is 0. The van der Waals surface area contributed by atoms with Crippen LogP contribution < -0.4 is 5.73 Å². The molecule has 0 fully saturated rings. The first-order chi connectivity index (χ1) is 9.04. The number of rotatable bonds is 7.